The lowest BCUT2D eigenvalue weighted by atomic mass is 10.1. The minimum Gasteiger partial charge on any atom is -0.389 e. The van der Waals surface area contributed by atoms with E-state index in [1.807, 2.05) is 32.9 Å². The predicted molar refractivity (Wildman–Crippen MR) is 97.4 cm³/mol. The van der Waals surface area contributed by atoms with E-state index in [2.05, 4.69) is 16.0 Å². The van der Waals surface area contributed by atoms with Gasteiger partial charge >= 0.3 is 6.03 Å². The number of benzene rings is 1. The first-order chi connectivity index (χ1) is 11.8. The number of anilines is 1. The number of carbonyl (C=O) groups excluding carboxylic acids is 2. The van der Waals surface area contributed by atoms with E-state index in [0.29, 0.717) is 18.2 Å². The van der Waals surface area contributed by atoms with E-state index in [0.717, 1.165) is 5.56 Å². The third kappa shape index (κ3) is 9.07. The van der Waals surface area contributed by atoms with E-state index in [4.69, 9.17) is 4.74 Å². The molecular weight excluding hydrogens is 322 g/mol. The highest BCUT2D eigenvalue weighted by Gasteiger charge is 2.12. The third-order valence-electron chi connectivity index (χ3n) is 3.31. The van der Waals surface area contributed by atoms with Crippen molar-refractivity contribution in [3.05, 3.63) is 29.8 Å². The highest BCUT2D eigenvalue weighted by Crippen LogP contribution is 2.17. The zero-order valence-electron chi connectivity index (χ0n) is 15.3. The van der Waals surface area contributed by atoms with E-state index >= 15 is 0 Å². The van der Waals surface area contributed by atoms with Gasteiger partial charge in [-0.3, -0.25) is 4.79 Å². The second-order valence-corrected chi connectivity index (χ2v) is 6.47. The van der Waals surface area contributed by atoms with Crippen LogP contribution in [0.1, 0.15) is 39.3 Å². The average molecular weight is 351 g/mol. The minimum absolute atomic E-state index is 0.114. The van der Waals surface area contributed by atoms with Crippen LogP contribution in [0.5, 0.6) is 0 Å². The van der Waals surface area contributed by atoms with Gasteiger partial charge in [-0.05, 0) is 30.5 Å². The molecular formula is C18H29N3O4. The topological polar surface area (TPSA) is 99.7 Å². The van der Waals surface area contributed by atoms with Gasteiger partial charge in [0, 0.05) is 25.8 Å². The number of urea groups is 1. The number of amides is 3. The van der Waals surface area contributed by atoms with Crippen molar-refractivity contribution in [1.82, 2.24) is 10.6 Å². The summed E-state index contributed by atoms with van der Waals surface area (Å²) in [7, 11) is 0. The fraction of sp³-hybridized carbons (Fsp3) is 0.556. The highest BCUT2D eigenvalue weighted by molar-refractivity contribution is 5.88. The Kier molecular flexibility index (Phi) is 8.94. The molecule has 140 valence electrons. The number of hydrogen-bond acceptors (Lipinski definition) is 4. The molecule has 0 aliphatic carbocycles. The van der Waals surface area contributed by atoms with Gasteiger partial charge in [0.05, 0.1) is 18.8 Å². The van der Waals surface area contributed by atoms with E-state index in [9.17, 15) is 14.7 Å². The molecule has 7 heteroatoms. The quantitative estimate of drug-likeness (QED) is 0.547. The van der Waals surface area contributed by atoms with Gasteiger partial charge in [-0.15, -0.1) is 0 Å². The molecule has 0 aliphatic heterocycles. The molecule has 0 bridgehead atoms. The molecule has 0 saturated heterocycles. The Morgan fingerprint density at radius 3 is 2.56 bits per heavy atom. The van der Waals surface area contributed by atoms with Crippen molar-refractivity contribution in [2.75, 3.05) is 25.1 Å². The fourth-order valence-corrected chi connectivity index (χ4v) is 2.13. The Balaban J connectivity index is 2.39. The van der Waals surface area contributed by atoms with Crippen molar-refractivity contribution in [3.63, 3.8) is 0 Å². The van der Waals surface area contributed by atoms with Crippen LogP contribution in [0.25, 0.3) is 0 Å². The molecule has 0 unspecified atom stereocenters. The molecule has 2 atom stereocenters. The molecule has 7 nitrogen and oxygen atoms in total. The number of rotatable bonds is 9. The van der Waals surface area contributed by atoms with Crippen LogP contribution in [0, 0.1) is 5.92 Å². The van der Waals surface area contributed by atoms with Crippen LogP contribution in [0.4, 0.5) is 10.5 Å². The molecule has 3 amide bonds. The molecule has 0 heterocycles. The Labute approximate surface area is 149 Å². The molecule has 0 saturated carbocycles. The average Bonchev–Trinajstić information content (AvgIpc) is 2.52. The lowest BCUT2D eigenvalue weighted by Gasteiger charge is -2.18. The van der Waals surface area contributed by atoms with Crippen molar-refractivity contribution in [2.24, 2.45) is 5.92 Å². The van der Waals surface area contributed by atoms with E-state index < -0.39 is 6.10 Å². The summed E-state index contributed by atoms with van der Waals surface area (Å²) in [5, 5.41) is 17.9. The molecule has 0 aromatic heterocycles. The van der Waals surface area contributed by atoms with Crippen molar-refractivity contribution >= 4 is 17.6 Å². The van der Waals surface area contributed by atoms with Crippen LogP contribution in [0.2, 0.25) is 0 Å². The standard InChI is InChI=1S/C18H29N3O4/c1-12(2)10-25-11-17(23)9-19-18(24)20-13(3)15-6-5-7-16(8-15)21-14(4)22/h5-8,12-13,17,23H,9-11H2,1-4H3,(H,21,22)(H2,19,20,24)/t13-,17-/m0/s1. The van der Waals surface area contributed by atoms with Gasteiger partial charge in [0.15, 0.2) is 0 Å². The zero-order chi connectivity index (χ0) is 18.8. The monoisotopic (exact) mass is 351 g/mol. The van der Waals surface area contributed by atoms with Crippen molar-refractivity contribution in [2.45, 2.75) is 39.8 Å². The number of ether oxygens (including phenoxy) is 1. The van der Waals surface area contributed by atoms with Gasteiger partial charge in [-0.25, -0.2) is 4.79 Å². The van der Waals surface area contributed by atoms with Crippen LogP contribution in [0.15, 0.2) is 24.3 Å². The zero-order valence-corrected chi connectivity index (χ0v) is 15.3. The first kappa shape index (κ1) is 20.9. The van der Waals surface area contributed by atoms with Crippen LogP contribution >= 0.6 is 0 Å². The summed E-state index contributed by atoms with van der Waals surface area (Å²) in [6.45, 7) is 8.22. The summed E-state index contributed by atoms with van der Waals surface area (Å²) in [5.74, 6) is 0.252. The number of aliphatic hydroxyl groups excluding tert-OH is 1. The molecule has 1 aromatic carbocycles. The minimum atomic E-state index is -0.747. The molecule has 0 fully saturated rings. The molecule has 0 spiro atoms. The van der Waals surface area contributed by atoms with E-state index in [1.165, 1.54) is 6.92 Å². The number of hydrogen-bond donors (Lipinski definition) is 4. The number of carbonyl (C=O) groups is 2. The summed E-state index contributed by atoms with van der Waals surface area (Å²) < 4.78 is 5.33. The molecule has 1 aromatic rings. The van der Waals surface area contributed by atoms with Crippen molar-refractivity contribution in [3.8, 4) is 0 Å². The van der Waals surface area contributed by atoms with Gasteiger partial charge in [-0.1, -0.05) is 26.0 Å². The molecule has 1 rings (SSSR count). The summed E-state index contributed by atoms with van der Waals surface area (Å²) in [4.78, 5) is 23.0. The molecule has 25 heavy (non-hydrogen) atoms. The second-order valence-electron chi connectivity index (χ2n) is 6.47. The first-order valence-electron chi connectivity index (χ1n) is 8.45. The van der Waals surface area contributed by atoms with Gasteiger partial charge in [0.25, 0.3) is 0 Å². The van der Waals surface area contributed by atoms with Crippen LogP contribution in [-0.4, -0.2) is 42.9 Å². The Morgan fingerprint density at radius 2 is 1.92 bits per heavy atom. The normalized spacial score (nSPS) is 13.2. The number of aliphatic hydroxyl groups is 1. The smallest absolute Gasteiger partial charge is 0.315 e. The summed E-state index contributed by atoms with van der Waals surface area (Å²) >= 11 is 0. The van der Waals surface area contributed by atoms with E-state index in [1.54, 1.807) is 12.1 Å². The highest BCUT2D eigenvalue weighted by atomic mass is 16.5. The Bertz CT molecular complexity index is 563. The van der Waals surface area contributed by atoms with Gasteiger partial charge in [-0.2, -0.15) is 0 Å². The Morgan fingerprint density at radius 1 is 1.20 bits per heavy atom. The molecule has 4 N–H and O–H groups in total. The first-order valence-corrected chi connectivity index (χ1v) is 8.45. The second kappa shape index (κ2) is 10.7. The van der Waals surface area contributed by atoms with Crippen LogP contribution in [0.3, 0.4) is 0 Å². The molecule has 0 radical (unpaired) electrons. The lowest BCUT2D eigenvalue weighted by Crippen LogP contribution is -2.41. The SMILES string of the molecule is CC(=O)Nc1cccc([C@H](C)NC(=O)NC[C@H](O)COCC(C)C)c1. The van der Waals surface area contributed by atoms with Crippen molar-refractivity contribution in [1.29, 1.82) is 0 Å². The maximum Gasteiger partial charge on any atom is 0.315 e. The van der Waals surface area contributed by atoms with Crippen LogP contribution in [-0.2, 0) is 9.53 Å². The Hall–Kier alpha value is -2.12. The number of nitrogens with one attached hydrogen (secondary N) is 3. The van der Waals surface area contributed by atoms with E-state index in [-0.39, 0.29) is 31.1 Å². The maximum absolute atomic E-state index is 11.9. The predicted octanol–water partition coefficient (Wildman–Crippen LogP) is 2.04. The van der Waals surface area contributed by atoms with Crippen molar-refractivity contribution < 1.29 is 19.4 Å². The van der Waals surface area contributed by atoms with Gasteiger partial charge in [0.1, 0.15) is 0 Å². The fourth-order valence-electron chi connectivity index (χ4n) is 2.13. The van der Waals surface area contributed by atoms with Gasteiger partial charge in [0.2, 0.25) is 5.91 Å². The summed E-state index contributed by atoms with van der Waals surface area (Å²) in [6.07, 6.45) is -0.747. The maximum atomic E-state index is 11.9. The largest absolute Gasteiger partial charge is 0.389 e. The van der Waals surface area contributed by atoms with Crippen LogP contribution < -0.4 is 16.0 Å². The third-order valence-corrected chi connectivity index (χ3v) is 3.31. The molecule has 0 aliphatic rings. The van der Waals surface area contributed by atoms with Gasteiger partial charge < -0.3 is 25.8 Å². The summed E-state index contributed by atoms with van der Waals surface area (Å²) in [6, 6.07) is 6.65. The lowest BCUT2D eigenvalue weighted by molar-refractivity contribution is -0.114. The summed E-state index contributed by atoms with van der Waals surface area (Å²) in [5.41, 5.74) is 1.54.